The Morgan fingerprint density at radius 3 is 2.60 bits per heavy atom. The summed E-state index contributed by atoms with van der Waals surface area (Å²) in [4.78, 5) is 0.0573. The van der Waals surface area contributed by atoms with Gasteiger partial charge >= 0.3 is 0 Å². The van der Waals surface area contributed by atoms with Crippen molar-refractivity contribution in [3.63, 3.8) is 0 Å². The molecule has 0 atom stereocenters. The normalized spacial score (nSPS) is 15.9. The zero-order chi connectivity index (χ0) is 14.8. The van der Waals surface area contributed by atoms with Gasteiger partial charge in [0.05, 0.1) is 22.1 Å². The third-order valence-electron chi connectivity index (χ3n) is 3.47. The van der Waals surface area contributed by atoms with Gasteiger partial charge in [-0.1, -0.05) is 18.0 Å². The fraction of sp³-hybridized carbons (Fsp3) is 0.462. The lowest BCUT2D eigenvalue weighted by atomic mass is 9.93. The molecule has 2 rings (SSSR count). The molecular formula is C13H15ClN2O3S. The van der Waals surface area contributed by atoms with Crippen molar-refractivity contribution >= 4 is 21.6 Å². The summed E-state index contributed by atoms with van der Waals surface area (Å²) in [6, 6.07) is 5.90. The third kappa shape index (κ3) is 2.81. The molecular weight excluding hydrogens is 300 g/mol. The maximum Gasteiger partial charge on any atom is 0.243 e. The number of nitriles is 1. The van der Waals surface area contributed by atoms with Gasteiger partial charge in [-0.25, -0.2) is 8.42 Å². The molecule has 5 nitrogen and oxygen atoms in total. The van der Waals surface area contributed by atoms with E-state index in [9.17, 15) is 8.42 Å². The lowest BCUT2D eigenvalue weighted by Crippen LogP contribution is -2.45. The Hall–Kier alpha value is -1.13. The van der Waals surface area contributed by atoms with Crippen LogP contribution in [0.25, 0.3) is 0 Å². The molecule has 20 heavy (non-hydrogen) atoms. The number of sulfonamides is 1. The van der Waals surface area contributed by atoms with Gasteiger partial charge in [0, 0.05) is 12.6 Å². The average Bonchev–Trinajstić information content (AvgIpc) is 2.36. The van der Waals surface area contributed by atoms with Crippen LogP contribution in [0, 0.1) is 11.3 Å². The molecule has 0 aliphatic heterocycles. The van der Waals surface area contributed by atoms with E-state index >= 15 is 0 Å². The van der Waals surface area contributed by atoms with Gasteiger partial charge in [0.25, 0.3) is 0 Å². The van der Waals surface area contributed by atoms with Crippen molar-refractivity contribution in [3.8, 4) is 6.07 Å². The number of halogens is 1. The van der Waals surface area contributed by atoms with Crippen molar-refractivity contribution in [2.24, 2.45) is 0 Å². The number of hydrogen-bond donors (Lipinski definition) is 1. The molecule has 0 bridgehead atoms. The van der Waals surface area contributed by atoms with E-state index in [1.54, 1.807) is 0 Å². The summed E-state index contributed by atoms with van der Waals surface area (Å²) in [6.07, 6.45) is 2.61. The van der Waals surface area contributed by atoms with Crippen LogP contribution in [0.3, 0.4) is 0 Å². The second-order valence-electron chi connectivity index (χ2n) is 4.68. The minimum absolute atomic E-state index is 0.0541. The van der Waals surface area contributed by atoms with Crippen LogP contribution in [0.2, 0.25) is 5.02 Å². The smallest absolute Gasteiger partial charge is 0.243 e. The first-order chi connectivity index (χ1) is 9.50. The van der Waals surface area contributed by atoms with Crippen LogP contribution in [0.5, 0.6) is 0 Å². The number of rotatable bonds is 5. The lowest BCUT2D eigenvalue weighted by Gasteiger charge is -2.36. The van der Waals surface area contributed by atoms with E-state index in [1.165, 1.54) is 22.5 Å². The highest BCUT2D eigenvalue weighted by atomic mass is 35.5. The second kappa shape index (κ2) is 6.10. The minimum atomic E-state index is -3.69. The quantitative estimate of drug-likeness (QED) is 0.897. The topological polar surface area (TPSA) is 81.4 Å². The Morgan fingerprint density at radius 1 is 1.45 bits per heavy atom. The fourth-order valence-corrected chi connectivity index (χ4v) is 4.15. The van der Waals surface area contributed by atoms with Gasteiger partial charge in [-0.3, -0.25) is 0 Å². The number of aliphatic hydroxyl groups is 1. The van der Waals surface area contributed by atoms with Crippen molar-refractivity contribution in [3.05, 3.63) is 28.8 Å². The average molecular weight is 315 g/mol. The highest BCUT2D eigenvalue weighted by molar-refractivity contribution is 7.89. The summed E-state index contributed by atoms with van der Waals surface area (Å²) in [5.41, 5.74) is 0.239. The first-order valence-electron chi connectivity index (χ1n) is 6.33. The molecule has 0 saturated heterocycles. The summed E-state index contributed by atoms with van der Waals surface area (Å²) in [7, 11) is -3.69. The molecule has 7 heteroatoms. The predicted octanol–water partition coefficient (Wildman–Crippen LogP) is 1.75. The van der Waals surface area contributed by atoms with Gasteiger partial charge in [-0.05, 0) is 31.0 Å². The monoisotopic (exact) mass is 314 g/mol. The van der Waals surface area contributed by atoms with Crippen molar-refractivity contribution in [1.82, 2.24) is 4.31 Å². The van der Waals surface area contributed by atoms with E-state index in [-0.39, 0.29) is 34.7 Å². The second-order valence-corrected chi connectivity index (χ2v) is 6.98. The fourth-order valence-electron chi connectivity index (χ4n) is 2.15. The number of hydrogen-bond acceptors (Lipinski definition) is 4. The zero-order valence-electron chi connectivity index (χ0n) is 10.8. The highest BCUT2D eigenvalue weighted by Crippen LogP contribution is 2.31. The summed E-state index contributed by atoms with van der Waals surface area (Å²) >= 11 is 5.89. The van der Waals surface area contributed by atoms with Crippen molar-refractivity contribution in [2.45, 2.75) is 30.2 Å². The maximum atomic E-state index is 12.6. The van der Waals surface area contributed by atoms with Gasteiger partial charge in [-0.15, -0.1) is 0 Å². The van der Waals surface area contributed by atoms with Crippen LogP contribution in [-0.4, -0.2) is 37.0 Å². The van der Waals surface area contributed by atoms with E-state index in [4.69, 9.17) is 22.0 Å². The molecule has 1 saturated carbocycles. The Balaban J connectivity index is 2.37. The maximum absolute atomic E-state index is 12.6. The molecule has 108 valence electrons. The van der Waals surface area contributed by atoms with Gasteiger partial charge in [0.15, 0.2) is 0 Å². The van der Waals surface area contributed by atoms with Crippen molar-refractivity contribution in [2.75, 3.05) is 13.2 Å². The summed E-state index contributed by atoms with van der Waals surface area (Å²) in [5.74, 6) is 0. The van der Waals surface area contributed by atoms with Crippen LogP contribution in [0.15, 0.2) is 23.1 Å². The Labute approximate surface area is 123 Å². The molecule has 0 aromatic heterocycles. The first kappa shape index (κ1) is 15.3. The molecule has 1 fully saturated rings. The van der Waals surface area contributed by atoms with Crippen LogP contribution in [0.1, 0.15) is 24.8 Å². The molecule has 0 spiro atoms. The molecule has 0 heterocycles. The molecule has 0 amide bonds. The third-order valence-corrected chi connectivity index (χ3v) is 5.73. The number of nitrogens with zero attached hydrogens (tertiary/aromatic N) is 2. The van der Waals surface area contributed by atoms with Crippen LogP contribution < -0.4 is 0 Å². The van der Waals surface area contributed by atoms with Gasteiger partial charge in [0.2, 0.25) is 10.0 Å². The first-order valence-corrected chi connectivity index (χ1v) is 8.15. The van der Waals surface area contributed by atoms with E-state index in [2.05, 4.69) is 0 Å². The van der Waals surface area contributed by atoms with Gasteiger partial charge in [-0.2, -0.15) is 9.57 Å². The van der Waals surface area contributed by atoms with Crippen LogP contribution >= 0.6 is 11.6 Å². The Morgan fingerprint density at radius 2 is 2.15 bits per heavy atom. The Bertz CT molecular complexity index is 636. The van der Waals surface area contributed by atoms with E-state index in [0.717, 1.165) is 19.3 Å². The SMILES string of the molecule is N#Cc1ccc(S(=O)(=O)N(CCO)C2CCC2)cc1Cl. The molecule has 1 aliphatic carbocycles. The zero-order valence-corrected chi connectivity index (χ0v) is 12.4. The molecule has 1 aromatic rings. The Kier molecular flexibility index (Phi) is 4.66. The molecule has 1 aliphatic rings. The molecule has 1 aromatic carbocycles. The largest absolute Gasteiger partial charge is 0.395 e. The van der Waals surface area contributed by atoms with E-state index < -0.39 is 10.0 Å². The number of aliphatic hydroxyl groups excluding tert-OH is 1. The summed E-state index contributed by atoms with van der Waals surface area (Å²) in [6.45, 7) is -0.148. The van der Waals surface area contributed by atoms with Crippen LogP contribution in [0.4, 0.5) is 0 Å². The van der Waals surface area contributed by atoms with Crippen molar-refractivity contribution < 1.29 is 13.5 Å². The summed E-state index contributed by atoms with van der Waals surface area (Å²) in [5, 5.41) is 18.0. The predicted molar refractivity (Wildman–Crippen MR) is 74.8 cm³/mol. The van der Waals surface area contributed by atoms with E-state index in [0.29, 0.717) is 0 Å². The van der Waals surface area contributed by atoms with Crippen LogP contribution in [-0.2, 0) is 10.0 Å². The van der Waals surface area contributed by atoms with Gasteiger partial charge < -0.3 is 5.11 Å². The molecule has 1 N–H and O–H groups in total. The highest BCUT2D eigenvalue weighted by Gasteiger charge is 2.34. The molecule has 0 unspecified atom stereocenters. The van der Waals surface area contributed by atoms with E-state index in [1.807, 2.05) is 6.07 Å². The standard InChI is InChI=1S/C13H15ClN2O3S/c14-13-8-12(5-4-10(13)9-15)20(18,19)16(6-7-17)11-2-1-3-11/h4-5,8,11,17H,1-3,6-7H2. The van der Waals surface area contributed by atoms with Crippen molar-refractivity contribution in [1.29, 1.82) is 5.26 Å². The summed E-state index contributed by atoms with van der Waals surface area (Å²) < 4.78 is 26.5. The lowest BCUT2D eigenvalue weighted by molar-refractivity contribution is 0.178. The number of benzene rings is 1. The minimum Gasteiger partial charge on any atom is -0.395 e. The van der Waals surface area contributed by atoms with Gasteiger partial charge in [0.1, 0.15) is 6.07 Å². The molecule has 0 radical (unpaired) electrons.